The number of nitrogens with zero attached hydrogens (tertiary/aromatic N) is 3. The number of likely N-dealkylation sites (tertiary alicyclic amines) is 1. The minimum atomic E-state index is 0.0850. The predicted octanol–water partition coefficient (Wildman–Crippen LogP) is 3.84. The first kappa shape index (κ1) is 19.2. The summed E-state index contributed by atoms with van der Waals surface area (Å²) < 4.78 is 0. The van der Waals surface area contributed by atoms with Crippen LogP contribution >= 0.6 is 0 Å². The molecular formula is C24H25N3O2. The first-order valence-electron chi connectivity index (χ1n) is 10.2. The smallest absolute Gasteiger partial charge is 0.227 e. The van der Waals surface area contributed by atoms with Crippen molar-refractivity contribution < 1.29 is 9.59 Å². The van der Waals surface area contributed by atoms with Crippen LogP contribution in [0.15, 0.2) is 48.5 Å². The number of hydrogen-bond donors (Lipinski definition) is 0. The van der Waals surface area contributed by atoms with Gasteiger partial charge in [0.25, 0.3) is 0 Å². The fraction of sp³-hybridized carbons (Fsp3) is 0.375. The van der Waals surface area contributed by atoms with Crippen LogP contribution in [-0.4, -0.2) is 36.9 Å². The molecule has 0 spiro atoms. The largest absolute Gasteiger partial charge is 0.342 e. The topological polar surface area (TPSA) is 64.4 Å². The summed E-state index contributed by atoms with van der Waals surface area (Å²) in [5.74, 6) is 0.876. The van der Waals surface area contributed by atoms with E-state index in [-0.39, 0.29) is 23.7 Å². The highest BCUT2D eigenvalue weighted by molar-refractivity contribution is 5.93. The molecular weight excluding hydrogens is 362 g/mol. The van der Waals surface area contributed by atoms with Crippen molar-refractivity contribution >= 4 is 17.5 Å². The molecule has 1 aliphatic heterocycles. The van der Waals surface area contributed by atoms with Gasteiger partial charge in [0, 0.05) is 38.2 Å². The summed E-state index contributed by atoms with van der Waals surface area (Å²) in [5, 5.41) is 8.91. The Hall–Kier alpha value is -3.13. The molecule has 4 rings (SSSR count). The average molecular weight is 387 g/mol. The fourth-order valence-electron chi connectivity index (χ4n) is 3.93. The van der Waals surface area contributed by atoms with Crippen LogP contribution in [0.4, 0.5) is 5.69 Å². The van der Waals surface area contributed by atoms with Crippen molar-refractivity contribution in [1.29, 1.82) is 5.26 Å². The van der Waals surface area contributed by atoms with Crippen LogP contribution in [0.1, 0.15) is 31.2 Å². The Bertz CT molecular complexity index is 940. The predicted molar refractivity (Wildman–Crippen MR) is 112 cm³/mol. The number of anilines is 1. The Kier molecular flexibility index (Phi) is 5.35. The number of carbonyl (C=O) groups is 2. The lowest BCUT2D eigenvalue weighted by atomic mass is 10.0. The molecule has 0 radical (unpaired) electrons. The molecule has 2 amide bonds. The van der Waals surface area contributed by atoms with E-state index in [2.05, 4.69) is 6.07 Å². The highest BCUT2D eigenvalue weighted by Crippen LogP contribution is 2.33. The van der Waals surface area contributed by atoms with Gasteiger partial charge in [0.1, 0.15) is 0 Å². The van der Waals surface area contributed by atoms with E-state index in [0.717, 1.165) is 42.6 Å². The summed E-state index contributed by atoms with van der Waals surface area (Å²) in [5.41, 5.74) is 3.58. The molecule has 5 heteroatoms. The number of nitriles is 1. The second-order valence-corrected chi connectivity index (χ2v) is 8.11. The van der Waals surface area contributed by atoms with Crippen molar-refractivity contribution in [2.45, 2.75) is 25.7 Å². The molecule has 0 bridgehead atoms. The van der Waals surface area contributed by atoms with Gasteiger partial charge >= 0.3 is 0 Å². The summed E-state index contributed by atoms with van der Waals surface area (Å²) >= 11 is 0. The van der Waals surface area contributed by atoms with Crippen LogP contribution in [0.5, 0.6) is 0 Å². The van der Waals surface area contributed by atoms with E-state index < -0.39 is 0 Å². The van der Waals surface area contributed by atoms with Crippen molar-refractivity contribution in [2.75, 3.05) is 25.0 Å². The van der Waals surface area contributed by atoms with Crippen LogP contribution in [0.3, 0.4) is 0 Å². The second-order valence-electron chi connectivity index (χ2n) is 8.11. The minimum Gasteiger partial charge on any atom is -0.342 e. The zero-order chi connectivity index (χ0) is 20.4. The molecule has 1 saturated heterocycles. The molecule has 5 nitrogen and oxygen atoms in total. The number of hydrogen-bond acceptors (Lipinski definition) is 3. The Balaban J connectivity index is 1.35. The van der Waals surface area contributed by atoms with Gasteiger partial charge in [-0.1, -0.05) is 24.3 Å². The summed E-state index contributed by atoms with van der Waals surface area (Å²) in [4.78, 5) is 28.6. The van der Waals surface area contributed by atoms with Crippen molar-refractivity contribution in [2.24, 2.45) is 11.8 Å². The quantitative estimate of drug-likeness (QED) is 0.783. The first-order valence-corrected chi connectivity index (χ1v) is 10.2. The van der Waals surface area contributed by atoms with Gasteiger partial charge in [-0.05, 0) is 60.6 Å². The van der Waals surface area contributed by atoms with Gasteiger partial charge in [-0.3, -0.25) is 9.59 Å². The molecule has 1 aliphatic carbocycles. The Labute approximate surface area is 171 Å². The van der Waals surface area contributed by atoms with Gasteiger partial charge in [-0.25, -0.2) is 0 Å². The number of amides is 2. The number of rotatable bonds is 5. The highest BCUT2D eigenvalue weighted by Gasteiger charge is 2.37. The maximum absolute atomic E-state index is 12.7. The lowest BCUT2D eigenvalue weighted by Crippen LogP contribution is -2.32. The summed E-state index contributed by atoms with van der Waals surface area (Å²) in [6.45, 7) is 1.50. The molecule has 0 unspecified atom stereocenters. The van der Waals surface area contributed by atoms with Gasteiger partial charge < -0.3 is 9.80 Å². The van der Waals surface area contributed by atoms with E-state index in [1.807, 2.05) is 41.3 Å². The van der Waals surface area contributed by atoms with E-state index in [9.17, 15) is 9.59 Å². The van der Waals surface area contributed by atoms with Crippen molar-refractivity contribution in [1.82, 2.24) is 4.90 Å². The van der Waals surface area contributed by atoms with E-state index >= 15 is 0 Å². The third kappa shape index (κ3) is 4.32. The highest BCUT2D eigenvalue weighted by atomic mass is 16.2. The maximum atomic E-state index is 12.7. The van der Waals surface area contributed by atoms with Gasteiger partial charge in [-0.15, -0.1) is 0 Å². The van der Waals surface area contributed by atoms with E-state index in [1.54, 1.807) is 24.1 Å². The zero-order valence-electron chi connectivity index (χ0n) is 16.7. The van der Waals surface area contributed by atoms with Crippen LogP contribution in [0, 0.1) is 23.2 Å². The van der Waals surface area contributed by atoms with E-state index in [0.29, 0.717) is 18.5 Å². The molecule has 1 atom stereocenters. The Morgan fingerprint density at radius 1 is 1.03 bits per heavy atom. The van der Waals surface area contributed by atoms with Crippen LogP contribution in [-0.2, 0) is 9.59 Å². The third-order valence-electron chi connectivity index (χ3n) is 5.96. The van der Waals surface area contributed by atoms with Crippen LogP contribution in [0.25, 0.3) is 11.1 Å². The van der Waals surface area contributed by atoms with Gasteiger partial charge in [0.2, 0.25) is 11.8 Å². The minimum absolute atomic E-state index is 0.0850. The lowest BCUT2D eigenvalue weighted by Gasteiger charge is -2.20. The van der Waals surface area contributed by atoms with Gasteiger partial charge in [0.15, 0.2) is 0 Å². The van der Waals surface area contributed by atoms with Crippen molar-refractivity contribution in [3.05, 3.63) is 54.1 Å². The Morgan fingerprint density at radius 3 is 2.24 bits per heavy atom. The summed E-state index contributed by atoms with van der Waals surface area (Å²) in [6.07, 6.45) is 3.44. The molecule has 0 aromatic heterocycles. The standard InChI is InChI=1S/C24H25N3O2/c1-26(23(28)14-18-12-13-27(16-18)24(29)21-6-7-21)22-10-8-20(9-11-22)19-4-2-17(15-25)3-5-19/h2-5,8-11,18,21H,6-7,12-14,16H2,1H3/t18-/m0/s1. The second kappa shape index (κ2) is 8.08. The van der Waals surface area contributed by atoms with Crippen LogP contribution in [0.2, 0.25) is 0 Å². The monoisotopic (exact) mass is 387 g/mol. The van der Waals surface area contributed by atoms with Crippen LogP contribution < -0.4 is 4.90 Å². The summed E-state index contributed by atoms with van der Waals surface area (Å²) in [6, 6.07) is 17.5. The molecule has 1 saturated carbocycles. The van der Waals surface area contributed by atoms with E-state index in [4.69, 9.17) is 5.26 Å². The first-order chi connectivity index (χ1) is 14.0. The third-order valence-corrected chi connectivity index (χ3v) is 5.96. The van der Waals surface area contributed by atoms with Crippen molar-refractivity contribution in [3.8, 4) is 17.2 Å². The van der Waals surface area contributed by atoms with Gasteiger partial charge in [0.05, 0.1) is 11.6 Å². The zero-order valence-corrected chi connectivity index (χ0v) is 16.7. The molecule has 1 heterocycles. The Morgan fingerprint density at radius 2 is 1.66 bits per heavy atom. The van der Waals surface area contributed by atoms with Crippen molar-refractivity contribution in [3.63, 3.8) is 0 Å². The molecule has 2 aromatic carbocycles. The van der Waals surface area contributed by atoms with Gasteiger partial charge in [-0.2, -0.15) is 5.26 Å². The molecule has 148 valence electrons. The molecule has 2 aliphatic rings. The lowest BCUT2D eigenvalue weighted by molar-refractivity contribution is -0.131. The summed E-state index contributed by atoms with van der Waals surface area (Å²) in [7, 11) is 1.81. The molecule has 2 aromatic rings. The maximum Gasteiger partial charge on any atom is 0.227 e. The van der Waals surface area contributed by atoms with E-state index in [1.165, 1.54) is 0 Å². The average Bonchev–Trinajstić information content (AvgIpc) is 3.51. The molecule has 0 N–H and O–H groups in total. The number of carbonyl (C=O) groups excluding carboxylic acids is 2. The molecule has 29 heavy (non-hydrogen) atoms. The molecule has 2 fully saturated rings. The fourth-order valence-corrected chi connectivity index (χ4v) is 3.93. The normalized spacial score (nSPS) is 18.3. The SMILES string of the molecule is CN(C(=O)C[C@@H]1CCN(C(=O)C2CC2)C1)c1ccc(-c2ccc(C#N)cc2)cc1. The number of benzene rings is 2.